The fourth-order valence-corrected chi connectivity index (χ4v) is 3.04. The van der Waals surface area contributed by atoms with E-state index in [0.29, 0.717) is 45.1 Å². The zero-order valence-corrected chi connectivity index (χ0v) is 12.4. The first kappa shape index (κ1) is 14.0. The molecule has 21 heavy (non-hydrogen) atoms. The maximum atomic E-state index is 12.0. The molecule has 0 saturated carbocycles. The molecule has 0 aromatic carbocycles. The number of hydrogen-bond donors (Lipinski definition) is 2. The first-order valence-corrected chi connectivity index (χ1v) is 7.72. The molecule has 0 aliphatic carbocycles. The van der Waals surface area contributed by atoms with E-state index < -0.39 is 0 Å². The number of fused-ring (bicyclic) bond motifs is 1. The number of nitrogen functional groups attached to an aromatic ring is 1. The van der Waals surface area contributed by atoms with Gasteiger partial charge < -0.3 is 20.7 Å². The van der Waals surface area contributed by atoms with E-state index in [-0.39, 0.29) is 11.9 Å². The van der Waals surface area contributed by atoms with Gasteiger partial charge in [0, 0.05) is 26.1 Å². The van der Waals surface area contributed by atoms with E-state index in [0.717, 1.165) is 10.2 Å². The van der Waals surface area contributed by atoms with E-state index in [4.69, 9.17) is 10.5 Å². The number of hydrogen-bond acceptors (Lipinski definition) is 7. The third-order valence-electron chi connectivity index (χ3n) is 3.34. The Hall–Kier alpha value is -1.93. The molecule has 3 heterocycles. The van der Waals surface area contributed by atoms with Crippen molar-refractivity contribution in [1.82, 2.24) is 14.9 Å². The highest BCUT2D eigenvalue weighted by atomic mass is 32.1. The molecular formula is C13H17N5O2S. The van der Waals surface area contributed by atoms with Crippen molar-refractivity contribution in [3.8, 4) is 0 Å². The lowest BCUT2D eigenvalue weighted by atomic mass is 10.3. The molecule has 112 valence electrons. The molecule has 0 atom stereocenters. The van der Waals surface area contributed by atoms with Crippen molar-refractivity contribution in [2.75, 3.05) is 43.9 Å². The van der Waals surface area contributed by atoms with Gasteiger partial charge >= 0.3 is 0 Å². The number of nitrogens with two attached hydrogens (primary N) is 1. The molecule has 3 rings (SSSR count). The predicted octanol–water partition coefficient (Wildman–Crippen LogP) is 0.934. The molecule has 1 saturated heterocycles. The number of anilines is 2. The van der Waals surface area contributed by atoms with Crippen LogP contribution in [0, 0.1) is 0 Å². The SMILES string of the molecule is Nc1nc(NCCC(=O)N2CCOCC2)c2ccsc2n1. The summed E-state index contributed by atoms with van der Waals surface area (Å²) in [6.45, 7) is 3.12. The molecule has 1 amide bonds. The van der Waals surface area contributed by atoms with Crippen molar-refractivity contribution in [3.63, 3.8) is 0 Å². The van der Waals surface area contributed by atoms with E-state index in [9.17, 15) is 4.79 Å². The van der Waals surface area contributed by atoms with Gasteiger partial charge in [-0.25, -0.2) is 4.98 Å². The Morgan fingerprint density at radius 3 is 3.05 bits per heavy atom. The quantitative estimate of drug-likeness (QED) is 0.873. The van der Waals surface area contributed by atoms with Gasteiger partial charge in [0.2, 0.25) is 11.9 Å². The van der Waals surface area contributed by atoms with Crippen LogP contribution in [-0.4, -0.2) is 53.6 Å². The van der Waals surface area contributed by atoms with Gasteiger partial charge in [-0.1, -0.05) is 0 Å². The Labute approximate surface area is 126 Å². The second kappa shape index (κ2) is 6.23. The van der Waals surface area contributed by atoms with Crippen molar-refractivity contribution >= 4 is 39.2 Å². The number of nitrogens with one attached hydrogen (secondary N) is 1. The maximum absolute atomic E-state index is 12.0. The lowest BCUT2D eigenvalue weighted by Crippen LogP contribution is -2.41. The molecule has 2 aromatic heterocycles. The van der Waals surface area contributed by atoms with Crippen LogP contribution in [0.1, 0.15) is 6.42 Å². The van der Waals surface area contributed by atoms with Crippen LogP contribution in [0.3, 0.4) is 0 Å². The summed E-state index contributed by atoms with van der Waals surface area (Å²) in [5.41, 5.74) is 5.69. The summed E-state index contributed by atoms with van der Waals surface area (Å²) in [6.07, 6.45) is 0.426. The average molecular weight is 307 g/mol. The molecule has 0 spiro atoms. The minimum absolute atomic E-state index is 0.134. The summed E-state index contributed by atoms with van der Waals surface area (Å²) >= 11 is 1.52. The zero-order chi connectivity index (χ0) is 14.7. The summed E-state index contributed by atoms with van der Waals surface area (Å²) in [5, 5.41) is 6.07. The van der Waals surface area contributed by atoms with E-state index in [1.807, 2.05) is 16.3 Å². The molecule has 1 aliphatic rings. The Balaban J connectivity index is 1.59. The number of aromatic nitrogens is 2. The summed E-state index contributed by atoms with van der Waals surface area (Å²) < 4.78 is 5.24. The van der Waals surface area contributed by atoms with Crippen LogP contribution in [0.25, 0.3) is 10.2 Å². The lowest BCUT2D eigenvalue weighted by molar-refractivity contribution is -0.134. The van der Waals surface area contributed by atoms with Crippen LogP contribution in [0.4, 0.5) is 11.8 Å². The van der Waals surface area contributed by atoms with Gasteiger partial charge in [-0.15, -0.1) is 11.3 Å². The van der Waals surface area contributed by atoms with Crippen molar-refractivity contribution in [2.45, 2.75) is 6.42 Å². The van der Waals surface area contributed by atoms with Crippen molar-refractivity contribution in [1.29, 1.82) is 0 Å². The van der Waals surface area contributed by atoms with Gasteiger partial charge in [-0.3, -0.25) is 4.79 Å². The standard InChI is InChI=1S/C13H17N5O2S/c14-13-16-11(9-2-8-21-12(9)17-13)15-3-1-10(19)18-4-6-20-7-5-18/h2,8H,1,3-7H2,(H3,14,15,16,17). The summed E-state index contributed by atoms with van der Waals surface area (Å²) in [7, 11) is 0. The van der Waals surface area contributed by atoms with Gasteiger partial charge in [-0.2, -0.15) is 4.98 Å². The fourth-order valence-electron chi connectivity index (χ4n) is 2.27. The number of carbonyl (C=O) groups excluding carboxylic acids is 1. The molecule has 0 radical (unpaired) electrons. The third-order valence-corrected chi connectivity index (χ3v) is 4.14. The second-order valence-electron chi connectivity index (χ2n) is 4.74. The number of morpholine rings is 1. The van der Waals surface area contributed by atoms with Crippen LogP contribution in [-0.2, 0) is 9.53 Å². The molecule has 1 aliphatic heterocycles. The summed E-state index contributed by atoms with van der Waals surface area (Å²) in [5.74, 6) is 1.06. The average Bonchev–Trinajstić information content (AvgIpc) is 2.96. The molecule has 0 bridgehead atoms. The Kier molecular flexibility index (Phi) is 4.16. The minimum atomic E-state index is 0.134. The minimum Gasteiger partial charge on any atom is -0.378 e. The third kappa shape index (κ3) is 3.22. The zero-order valence-electron chi connectivity index (χ0n) is 11.5. The second-order valence-corrected chi connectivity index (χ2v) is 5.63. The normalized spacial score (nSPS) is 15.3. The first-order valence-electron chi connectivity index (χ1n) is 6.84. The molecule has 0 unspecified atom stereocenters. The Morgan fingerprint density at radius 2 is 2.24 bits per heavy atom. The number of amides is 1. The number of rotatable bonds is 4. The largest absolute Gasteiger partial charge is 0.378 e. The monoisotopic (exact) mass is 307 g/mol. The van der Waals surface area contributed by atoms with Crippen LogP contribution < -0.4 is 11.1 Å². The Morgan fingerprint density at radius 1 is 1.43 bits per heavy atom. The van der Waals surface area contributed by atoms with Gasteiger partial charge in [-0.05, 0) is 11.4 Å². The first-order chi connectivity index (χ1) is 10.2. The number of ether oxygens (including phenoxy) is 1. The molecule has 2 aromatic rings. The number of carbonyl (C=O) groups is 1. The molecule has 8 heteroatoms. The highest BCUT2D eigenvalue weighted by Gasteiger charge is 2.16. The maximum Gasteiger partial charge on any atom is 0.224 e. The van der Waals surface area contributed by atoms with Crippen molar-refractivity contribution in [3.05, 3.63) is 11.4 Å². The molecule has 3 N–H and O–H groups in total. The number of thiophene rings is 1. The molecular weight excluding hydrogens is 290 g/mol. The predicted molar refractivity (Wildman–Crippen MR) is 82.3 cm³/mol. The molecule has 7 nitrogen and oxygen atoms in total. The van der Waals surface area contributed by atoms with E-state index >= 15 is 0 Å². The Bertz CT molecular complexity index is 639. The fraction of sp³-hybridized carbons (Fsp3) is 0.462. The highest BCUT2D eigenvalue weighted by molar-refractivity contribution is 7.16. The van der Waals surface area contributed by atoms with Gasteiger partial charge in [0.05, 0.1) is 18.6 Å². The van der Waals surface area contributed by atoms with Gasteiger partial charge in [0.15, 0.2) is 0 Å². The highest BCUT2D eigenvalue weighted by Crippen LogP contribution is 2.25. The van der Waals surface area contributed by atoms with Crippen molar-refractivity contribution < 1.29 is 9.53 Å². The smallest absolute Gasteiger partial charge is 0.224 e. The summed E-state index contributed by atoms with van der Waals surface area (Å²) in [4.78, 5) is 23.1. The van der Waals surface area contributed by atoms with Crippen molar-refractivity contribution in [2.24, 2.45) is 0 Å². The van der Waals surface area contributed by atoms with Gasteiger partial charge in [0.1, 0.15) is 10.6 Å². The van der Waals surface area contributed by atoms with Crippen LogP contribution in [0.2, 0.25) is 0 Å². The van der Waals surface area contributed by atoms with Gasteiger partial charge in [0.25, 0.3) is 0 Å². The van der Waals surface area contributed by atoms with E-state index in [2.05, 4.69) is 15.3 Å². The van der Waals surface area contributed by atoms with Crippen LogP contribution in [0.15, 0.2) is 11.4 Å². The lowest BCUT2D eigenvalue weighted by Gasteiger charge is -2.26. The number of nitrogens with zero attached hydrogens (tertiary/aromatic N) is 3. The van der Waals surface area contributed by atoms with E-state index in [1.54, 1.807) is 0 Å². The van der Waals surface area contributed by atoms with Crippen LogP contribution >= 0.6 is 11.3 Å². The summed E-state index contributed by atoms with van der Waals surface area (Å²) in [6, 6.07) is 1.95. The molecule has 1 fully saturated rings. The van der Waals surface area contributed by atoms with Crippen LogP contribution in [0.5, 0.6) is 0 Å². The topological polar surface area (TPSA) is 93.4 Å². The van der Waals surface area contributed by atoms with E-state index in [1.165, 1.54) is 11.3 Å².